The van der Waals surface area contributed by atoms with Crippen molar-refractivity contribution in [2.24, 2.45) is 0 Å². The van der Waals surface area contributed by atoms with Crippen molar-refractivity contribution in [2.45, 2.75) is 31.8 Å². The number of benzene rings is 2. The predicted molar refractivity (Wildman–Crippen MR) is 116 cm³/mol. The lowest BCUT2D eigenvalue weighted by Crippen LogP contribution is -2.54. The number of carbonyl (C=O) groups excluding carboxylic acids is 2. The number of amides is 2. The number of nitrogens with zero attached hydrogens (tertiary/aromatic N) is 2. The summed E-state index contributed by atoms with van der Waals surface area (Å²) in [5.41, 5.74) is 3.25. The van der Waals surface area contributed by atoms with Gasteiger partial charge in [-0.3, -0.25) is 9.59 Å². The van der Waals surface area contributed by atoms with Gasteiger partial charge in [0.2, 0.25) is 5.91 Å². The van der Waals surface area contributed by atoms with Gasteiger partial charge in [-0.2, -0.15) is 0 Å². The van der Waals surface area contributed by atoms with Crippen molar-refractivity contribution in [1.29, 1.82) is 0 Å². The molecular weight excluding hydrogens is 382 g/mol. The maximum atomic E-state index is 12.8. The first-order valence-electron chi connectivity index (χ1n) is 10.2. The highest BCUT2D eigenvalue weighted by molar-refractivity contribution is 6.07. The van der Waals surface area contributed by atoms with Gasteiger partial charge in [-0.05, 0) is 55.2 Å². The lowest BCUT2D eigenvalue weighted by Gasteiger charge is -2.44. The van der Waals surface area contributed by atoms with Gasteiger partial charge < -0.3 is 24.6 Å². The maximum absolute atomic E-state index is 12.8. The van der Waals surface area contributed by atoms with Crippen LogP contribution in [0.1, 0.15) is 35.2 Å². The number of anilines is 2. The molecule has 7 heteroatoms. The third-order valence-corrected chi connectivity index (χ3v) is 5.93. The van der Waals surface area contributed by atoms with E-state index in [2.05, 4.69) is 10.2 Å². The Kier molecular flexibility index (Phi) is 5.53. The second-order valence-corrected chi connectivity index (χ2v) is 7.68. The van der Waals surface area contributed by atoms with Crippen molar-refractivity contribution >= 4 is 23.2 Å². The third-order valence-electron chi connectivity index (χ3n) is 5.93. The quantitative estimate of drug-likeness (QED) is 0.822. The van der Waals surface area contributed by atoms with Crippen LogP contribution in [0.25, 0.3) is 0 Å². The first-order valence-corrected chi connectivity index (χ1v) is 10.2. The molecular formula is C23H27N3O4. The number of carbonyl (C=O) groups is 2. The molecule has 0 saturated carbocycles. The van der Waals surface area contributed by atoms with E-state index in [1.54, 1.807) is 26.2 Å². The number of likely N-dealkylation sites (N-methyl/N-ethyl adjacent to an activating group) is 1. The second-order valence-electron chi connectivity index (χ2n) is 7.68. The molecule has 0 radical (unpaired) electrons. The number of hydrogen-bond acceptors (Lipinski definition) is 5. The minimum Gasteiger partial charge on any atom is -0.493 e. The van der Waals surface area contributed by atoms with Crippen LogP contribution in [0.15, 0.2) is 36.4 Å². The number of rotatable bonds is 5. The van der Waals surface area contributed by atoms with Crippen LogP contribution in [-0.4, -0.2) is 45.7 Å². The topological polar surface area (TPSA) is 71.1 Å². The van der Waals surface area contributed by atoms with Gasteiger partial charge in [-0.15, -0.1) is 0 Å². The van der Waals surface area contributed by atoms with Gasteiger partial charge in [0.05, 0.1) is 25.6 Å². The van der Waals surface area contributed by atoms with E-state index in [-0.39, 0.29) is 17.9 Å². The maximum Gasteiger partial charge on any atom is 0.251 e. The molecule has 30 heavy (non-hydrogen) atoms. The van der Waals surface area contributed by atoms with E-state index >= 15 is 0 Å². The Morgan fingerprint density at radius 3 is 2.63 bits per heavy atom. The Labute approximate surface area is 176 Å². The fourth-order valence-corrected chi connectivity index (χ4v) is 4.27. The summed E-state index contributed by atoms with van der Waals surface area (Å²) >= 11 is 0. The van der Waals surface area contributed by atoms with Crippen LogP contribution in [0.4, 0.5) is 11.4 Å². The Morgan fingerprint density at radius 2 is 1.87 bits per heavy atom. The smallest absolute Gasteiger partial charge is 0.251 e. The van der Waals surface area contributed by atoms with Gasteiger partial charge in [0.1, 0.15) is 6.04 Å². The molecule has 0 aromatic heterocycles. The minimum absolute atomic E-state index is 0.0824. The molecule has 2 heterocycles. The van der Waals surface area contributed by atoms with E-state index in [0.29, 0.717) is 23.6 Å². The van der Waals surface area contributed by atoms with E-state index < -0.39 is 0 Å². The molecule has 0 spiro atoms. The highest BCUT2D eigenvalue weighted by Gasteiger charge is 2.37. The Balaban J connectivity index is 1.51. The van der Waals surface area contributed by atoms with Gasteiger partial charge in [-0.1, -0.05) is 6.07 Å². The number of nitrogens with one attached hydrogen (secondary N) is 1. The number of fused-ring (bicyclic) bond motifs is 3. The van der Waals surface area contributed by atoms with Crippen molar-refractivity contribution in [3.63, 3.8) is 0 Å². The molecule has 0 aliphatic carbocycles. The number of methoxy groups -OCH3 is 2. The summed E-state index contributed by atoms with van der Waals surface area (Å²) in [4.78, 5) is 29.4. The molecule has 1 saturated heterocycles. The number of ether oxygens (including phenoxy) is 2. The Bertz CT molecular complexity index is 975. The van der Waals surface area contributed by atoms with E-state index in [1.807, 2.05) is 36.4 Å². The van der Waals surface area contributed by atoms with Crippen molar-refractivity contribution in [1.82, 2.24) is 5.32 Å². The minimum atomic E-state index is -0.186. The monoisotopic (exact) mass is 409 g/mol. The molecule has 158 valence electrons. The second kappa shape index (κ2) is 8.26. The first kappa shape index (κ1) is 20.1. The molecule has 1 atom stereocenters. The first-order chi connectivity index (χ1) is 14.5. The summed E-state index contributed by atoms with van der Waals surface area (Å²) in [6, 6.07) is 11.1. The van der Waals surface area contributed by atoms with Crippen LogP contribution in [-0.2, 0) is 11.3 Å². The Hall–Kier alpha value is -3.22. The zero-order valence-corrected chi connectivity index (χ0v) is 17.6. The summed E-state index contributed by atoms with van der Waals surface area (Å²) in [6.45, 7) is 1.24. The van der Waals surface area contributed by atoms with E-state index in [1.165, 1.54) is 0 Å². The van der Waals surface area contributed by atoms with Crippen LogP contribution < -0.4 is 24.6 Å². The molecule has 0 unspecified atom stereocenters. The summed E-state index contributed by atoms with van der Waals surface area (Å²) < 4.78 is 10.6. The lowest BCUT2D eigenvalue weighted by molar-refractivity contribution is -0.120. The van der Waals surface area contributed by atoms with Gasteiger partial charge in [0.25, 0.3) is 5.91 Å². The summed E-state index contributed by atoms with van der Waals surface area (Å²) in [6.07, 6.45) is 3.05. The zero-order chi connectivity index (χ0) is 21.3. The van der Waals surface area contributed by atoms with E-state index in [4.69, 9.17) is 9.47 Å². The standard InChI is InChI=1S/C23H27N3O4/c1-25-19-13-16(8-9-17(19)26-11-5-4-6-18(26)23(25)28)22(27)24-14-15-7-10-20(29-2)21(12-15)30-3/h7-10,12-13,18H,4-6,11,14H2,1-3H3,(H,24,27)/t18-/m1/s1. The molecule has 1 N–H and O–H groups in total. The van der Waals surface area contributed by atoms with Crippen LogP contribution in [0.5, 0.6) is 11.5 Å². The van der Waals surface area contributed by atoms with Crippen LogP contribution in [0.2, 0.25) is 0 Å². The highest BCUT2D eigenvalue weighted by atomic mass is 16.5. The molecule has 7 nitrogen and oxygen atoms in total. The van der Waals surface area contributed by atoms with E-state index in [0.717, 1.165) is 42.7 Å². The van der Waals surface area contributed by atoms with Gasteiger partial charge in [-0.25, -0.2) is 0 Å². The fourth-order valence-electron chi connectivity index (χ4n) is 4.27. The van der Waals surface area contributed by atoms with Crippen LogP contribution in [0, 0.1) is 0 Å². The molecule has 2 aliphatic rings. The number of piperidine rings is 1. The largest absolute Gasteiger partial charge is 0.493 e. The summed E-state index contributed by atoms with van der Waals surface area (Å²) in [7, 11) is 4.96. The summed E-state index contributed by atoms with van der Waals surface area (Å²) in [5, 5.41) is 2.94. The fraction of sp³-hybridized carbons (Fsp3) is 0.391. The van der Waals surface area contributed by atoms with Crippen LogP contribution in [0.3, 0.4) is 0 Å². The van der Waals surface area contributed by atoms with E-state index in [9.17, 15) is 9.59 Å². The highest BCUT2D eigenvalue weighted by Crippen LogP contribution is 2.39. The molecule has 4 rings (SSSR count). The number of hydrogen-bond donors (Lipinski definition) is 1. The molecule has 2 aromatic carbocycles. The zero-order valence-electron chi connectivity index (χ0n) is 17.6. The van der Waals surface area contributed by atoms with Crippen molar-refractivity contribution in [3.05, 3.63) is 47.5 Å². The van der Waals surface area contributed by atoms with Crippen molar-refractivity contribution < 1.29 is 19.1 Å². The van der Waals surface area contributed by atoms with Crippen molar-refractivity contribution in [2.75, 3.05) is 37.6 Å². The predicted octanol–water partition coefficient (Wildman–Crippen LogP) is 2.97. The average Bonchev–Trinajstić information content (AvgIpc) is 2.80. The third kappa shape index (κ3) is 3.56. The van der Waals surface area contributed by atoms with Gasteiger partial charge in [0, 0.05) is 25.7 Å². The van der Waals surface area contributed by atoms with Gasteiger partial charge >= 0.3 is 0 Å². The molecule has 2 aliphatic heterocycles. The lowest BCUT2D eigenvalue weighted by atomic mass is 9.96. The molecule has 2 aromatic rings. The Morgan fingerprint density at radius 1 is 1.07 bits per heavy atom. The SMILES string of the molecule is COc1ccc(CNC(=O)c2ccc3c(c2)N(C)C(=O)[C@H]2CCCCN32)cc1OC. The summed E-state index contributed by atoms with van der Waals surface area (Å²) in [5.74, 6) is 1.18. The van der Waals surface area contributed by atoms with Crippen LogP contribution >= 0.6 is 0 Å². The van der Waals surface area contributed by atoms with Gasteiger partial charge in [0.15, 0.2) is 11.5 Å². The molecule has 2 amide bonds. The molecule has 1 fully saturated rings. The molecule has 0 bridgehead atoms. The average molecular weight is 409 g/mol. The van der Waals surface area contributed by atoms with Crippen molar-refractivity contribution in [3.8, 4) is 11.5 Å². The normalized spacial score (nSPS) is 17.8.